The van der Waals surface area contributed by atoms with Crippen LogP contribution >= 0.6 is 12.2 Å². The standard InChI is InChI=1S/C11H14N4OS/c1-7-3-2-4-8(5-7)12-6-9(16)10-13-11(17)15-14-10/h2-5,9,12,16H,6H2,1H3,(H2,13,14,15,17). The first kappa shape index (κ1) is 11.8. The Labute approximate surface area is 104 Å². The zero-order valence-corrected chi connectivity index (χ0v) is 10.2. The molecule has 0 radical (unpaired) electrons. The summed E-state index contributed by atoms with van der Waals surface area (Å²) in [4.78, 5) is 2.78. The minimum Gasteiger partial charge on any atom is -0.383 e. The van der Waals surface area contributed by atoms with E-state index in [0.717, 1.165) is 5.69 Å². The average molecular weight is 250 g/mol. The topological polar surface area (TPSA) is 76.7 Å². The minimum atomic E-state index is -0.719. The van der Waals surface area contributed by atoms with E-state index in [0.29, 0.717) is 17.1 Å². The van der Waals surface area contributed by atoms with Crippen LogP contribution in [0.3, 0.4) is 0 Å². The normalized spacial score (nSPS) is 12.4. The summed E-state index contributed by atoms with van der Waals surface area (Å²) in [5, 5.41) is 19.4. The van der Waals surface area contributed by atoms with Crippen LogP contribution in [0.15, 0.2) is 24.3 Å². The van der Waals surface area contributed by atoms with Crippen molar-refractivity contribution in [2.24, 2.45) is 0 Å². The Kier molecular flexibility index (Phi) is 3.55. The molecular weight excluding hydrogens is 236 g/mol. The van der Waals surface area contributed by atoms with Crippen LogP contribution in [0.2, 0.25) is 0 Å². The molecule has 4 N–H and O–H groups in total. The van der Waals surface area contributed by atoms with Gasteiger partial charge in [0.2, 0.25) is 0 Å². The molecule has 1 aromatic carbocycles. The number of hydrogen-bond donors (Lipinski definition) is 4. The lowest BCUT2D eigenvalue weighted by Crippen LogP contribution is -2.13. The van der Waals surface area contributed by atoms with E-state index in [1.165, 1.54) is 5.56 Å². The van der Waals surface area contributed by atoms with Gasteiger partial charge in [0.15, 0.2) is 10.6 Å². The van der Waals surface area contributed by atoms with Crippen LogP contribution in [-0.2, 0) is 0 Å². The minimum absolute atomic E-state index is 0.375. The highest BCUT2D eigenvalue weighted by Crippen LogP contribution is 2.12. The van der Waals surface area contributed by atoms with E-state index in [2.05, 4.69) is 20.5 Å². The quantitative estimate of drug-likeness (QED) is 0.625. The predicted molar refractivity (Wildman–Crippen MR) is 68.4 cm³/mol. The summed E-state index contributed by atoms with van der Waals surface area (Å²) >= 11 is 4.84. The fourth-order valence-electron chi connectivity index (χ4n) is 1.51. The van der Waals surface area contributed by atoms with E-state index in [4.69, 9.17) is 12.2 Å². The summed E-state index contributed by atoms with van der Waals surface area (Å²) in [5.41, 5.74) is 2.14. The molecule has 0 aliphatic rings. The highest BCUT2D eigenvalue weighted by atomic mass is 32.1. The van der Waals surface area contributed by atoms with Gasteiger partial charge in [0, 0.05) is 12.2 Å². The maximum absolute atomic E-state index is 9.84. The summed E-state index contributed by atoms with van der Waals surface area (Å²) in [5.74, 6) is 0.440. The van der Waals surface area contributed by atoms with E-state index in [1.54, 1.807) is 0 Å². The molecule has 0 spiro atoms. The summed E-state index contributed by atoms with van der Waals surface area (Å²) in [6.07, 6.45) is -0.719. The number of aliphatic hydroxyl groups is 1. The first-order valence-corrected chi connectivity index (χ1v) is 5.69. The van der Waals surface area contributed by atoms with Crippen molar-refractivity contribution in [3.63, 3.8) is 0 Å². The van der Waals surface area contributed by atoms with Gasteiger partial charge < -0.3 is 15.4 Å². The zero-order valence-electron chi connectivity index (χ0n) is 9.40. The largest absolute Gasteiger partial charge is 0.383 e. The van der Waals surface area contributed by atoms with Crippen LogP contribution in [0.25, 0.3) is 0 Å². The Morgan fingerprint density at radius 3 is 3.00 bits per heavy atom. The van der Waals surface area contributed by atoms with Gasteiger partial charge in [0.05, 0.1) is 0 Å². The monoisotopic (exact) mass is 250 g/mol. The second-order valence-corrected chi connectivity index (χ2v) is 4.24. The van der Waals surface area contributed by atoms with Gasteiger partial charge in [-0.3, -0.25) is 5.10 Å². The highest BCUT2D eigenvalue weighted by molar-refractivity contribution is 7.71. The van der Waals surface area contributed by atoms with Crippen LogP contribution in [0.1, 0.15) is 17.5 Å². The van der Waals surface area contributed by atoms with Gasteiger partial charge in [0.1, 0.15) is 6.10 Å². The SMILES string of the molecule is Cc1cccc(NCC(O)c2n[nH]c(=S)[nH]2)c1. The van der Waals surface area contributed by atoms with Gasteiger partial charge in [-0.15, -0.1) is 0 Å². The first-order chi connectivity index (χ1) is 8.15. The highest BCUT2D eigenvalue weighted by Gasteiger charge is 2.10. The molecule has 2 aromatic rings. The van der Waals surface area contributed by atoms with Crippen LogP contribution in [0, 0.1) is 11.7 Å². The number of aromatic nitrogens is 3. The van der Waals surface area contributed by atoms with E-state index >= 15 is 0 Å². The van der Waals surface area contributed by atoms with Gasteiger partial charge in [-0.25, -0.2) is 0 Å². The summed E-state index contributed by atoms with van der Waals surface area (Å²) in [6.45, 7) is 2.39. The molecule has 2 rings (SSSR count). The van der Waals surface area contributed by atoms with Crippen molar-refractivity contribution in [1.29, 1.82) is 0 Å². The number of aryl methyl sites for hydroxylation is 1. The Hall–Kier alpha value is -1.66. The summed E-state index contributed by atoms with van der Waals surface area (Å²) < 4.78 is 0.412. The van der Waals surface area contributed by atoms with Crippen molar-refractivity contribution >= 4 is 17.9 Å². The molecule has 90 valence electrons. The van der Waals surface area contributed by atoms with E-state index in [-0.39, 0.29) is 0 Å². The smallest absolute Gasteiger partial charge is 0.192 e. The third-order valence-electron chi connectivity index (χ3n) is 2.35. The number of nitrogens with zero attached hydrogens (tertiary/aromatic N) is 1. The van der Waals surface area contributed by atoms with Gasteiger partial charge in [-0.2, -0.15) is 5.10 Å². The lowest BCUT2D eigenvalue weighted by Gasteiger charge is -2.10. The fraction of sp³-hybridized carbons (Fsp3) is 0.273. The first-order valence-electron chi connectivity index (χ1n) is 5.28. The molecule has 0 saturated heterocycles. The van der Waals surface area contributed by atoms with Crippen molar-refractivity contribution in [2.75, 3.05) is 11.9 Å². The van der Waals surface area contributed by atoms with Crippen LogP contribution in [0.5, 0.6) is 0 Å². The molecule has 6 heteroatoms. The fourth-order valence-corrected chi connectivity index (χ4v) is 1.66. The molecule has 1 atom stereocenters. The Morgan fingerprint density at radius 1 is 1.53 bits per heavy atom. The summed E-state index contributed by atoms with van der Waals surface area (Å²) in [7, 11) is 0. The number of anilines is 1. The zero-order chi connectivity index (χ0) is 12.3. The number of aromatic amines is 2. The van der Waals surface area contributed by atoms with Crippen LogP contribution in [-0.4, -0.2) is 26.8 Å². The van der Waals surface area contributed by atoms with Crippen molar-refractivity contribution < 1.29 is 5.11 Å². The van der Waals surface area contributed by atoms with E-state index < -0.39 is 6.10 Å². The number of H-pyrrole nitrogens is 2. The number of benzene rings is 1. The molecule has 0 aliphatic heterocycles. The van der Waals surface area contributed by atoms with Crippen LogP contribution < -0.4 is 5.32 Å². The maximum Gasteiger partial charge on any atom is 0.192 e. The van der Waals surface area contributed by atoms with Crippen LogP contribution in [0.4, 0.5) is 5.69 Å². The van der Waals surface area contributed by atoms with Crippen molar-refractivity contribution in [1.82, 2.24) is 15.2 Å². The third-order valence-corrected chi connectivity index (χ3v) is 2.55. The maximum atomic E-state index is 9.84. The van der Waals surface area contributed by atoms with Gasteiger partial charge in [0.25, 0.3) is 0 Å². The Balaban J connectivity index is 1.96. The molecule has 1 heterocycles. The average Bonchev–Trinajstić information content (AvgIpc) is 2.73. The van der Waals surface area contributed by atoms with Gasteiger partial charge in [-0.1, -0.05) is 12.1 Å². The molecule has 17 heavy (non-hydrogen) atoms. The molecule has 1 aromatic heterocycles. The molecule has 5 nitrogen and oxygen atoms in total. The molecule has 0 bridgehead atoms. The van der Waals surface area contributed by atoms with Crippen molar-refractivity contribution in [2.45, 2.75) is 13.0 Å². The predicted octanol–water partition coefficient (Wildman–Crippen LogP) is 1.92. The second kappa shape index (κ2) is 5.11. The molecule has 0 amide bonds. The number of aliphatic hydroxyl groups excluding tert-OH is 1. The van der Waals surface area contributed by atoms with E-state index in [9.17, 15) is 5.11 Å². The number of rotatable bonds is 4. The second-order valence-electron chi connectivity index (χ2n) is 3.83. The van der Waals surface area contributed by atoms with E-state index in [1.807, 2.05) is 31.2 Å². The molecule has 1 unspecified atom stereocenters. The number of hydrogen-bond acceptors (Lipinski definition) is 4. The molecule has 0 saturated carbocycles. The Bertz CT molecular complexity index is 548. The van der Waals surface area contributed by atoms with Crippen molar-refractivity contribution in [3.8, 4) is 0 Å². The summed E-state index contributed by atoms with van der Waals surface area (Å²) in [6, 6.07) is 7.95. The lowest BCUT2D eigenvalue weighted by atomic mass is 10.2. The molecule has 0 fully saturated rings. The molecular formula is C11H14N4OS. The van der Waals surface area contributed by atoms with Gasteiger partial charge >= 0.3 is 0 Å². The van der Waals surface area contributed by atoms with Crippen molar-refractivity contribution in [3.05, 3.63) is 40.4 Å². The lowest BCUT2D eigenvalue weighted by molar-refractivity contribution is 0.182. The third kappa shape index (κ3) is 3.15. The Morgan fingerprint density at radius 2 is 2.35 bits per heavy atom. The number of nitrogens with one attached hydrogen (secondary N) is 3. The van der Waals surface area contributed by atoms with Gasteiger partial charge in [-0.05, 0) is 36.8 Å². The molecule has 0 aliphatic carbocycles.